The van der Waals surface area contributed by atoms with Crippen LogP contribution in [0.4, 0.5) is 0 Å². The second-order valence-corrected chi connectivity index (χ2v) is 15.7. The van der Waals surface area contributed by atoms with Crippen LogP contribution in [-0.4, -0.2) is 42.4 Å². The maximum atomic E-state index is 14.9. The molecular weight excluding hydrogens is 707 g/mol. The van der Waals surface area contributed by atoms with Gasteiger partial charge in [-0.1, -0.05) is 29.3 Å². The Kier molecular flexibility index (Phi) is 9.75. The molecule has 3 aromatic carbocycles. The molecule has 8 nitrogen and oxygen atoms in total. The molecule has 0 radical (unpaired) electrons. The van der Waals surface area contributed by atoms with Gasteiger partial charge in [0.2, 0.25) is 0 Å². The summed E-state index contributed by atoms with van der Waals surface area (Å²) >= 11 is 13.5. The molecule has 0 spiro atoms. The van der Waals surface area contributed by atoms with Gasteiger partial charge >= 0.3 is 5.97 Å². The van der Waals surface area contributed by atoms with Crippen LogP contribution in [0, 0.1) is 40.5 Å². The van der Waals surface area contributed by atoms with E-state index in [9.17, 15) is 14.7 Å². The van der Waals surface area contributed by atoms with Crippen molar-refractivity contribution in [3.8, 4) is 16.9 Å². The van der Waals surface area contributed by atoms with Crippen molar-refractivity contribution in [1.29, 1.82) is 0 Å². The molecule has 0 fully saturated rings. The Bertz CT molecular complexity index is 2440. The Morgan fingerprint density at radius 1 is 0.943 bits per heavy atom. The standard InChI is InChI=1S/C43H46Cl2N4O4/c1-22-17-31(18-23(2)38(22)45)53-15-9-10-32-33-13-14-35(44)37(36-26(5)46-48(8)27(36)6)40(33)49-25(4)19-28(42(50)41(32)49)11-12-29-21-47(7)39-24(3)16-30(43(51)52)20-34(29)39/h13-14,16-18,20-21,25,28H,9-12,15,19H2,1-8H3,(H,51,52)/t25-,28?/m1/s1. The lowest BCUT2D eigenvalue weighted by molar-refractivity contribution is 0.0696. The summed E-state index contributed by atoms with van der Waals surface area (Å²) in [7, 11) is 3.93. The molecule has 4 heterocycles. The second-order valence-electron chi connectivity index (χ2n) is 15.0. The van der Waals surface area contributed by atoms with E-state index < -0.39 is 5.97 Å². The van der Waals surface area contributed by atoms with E-state index in [1.54, 1.807) is 12.1 Å². The van der Waals surface area contributed by atoms with Gasteiger partial charge in [0.25, 0.3) is 0 Å². The molecule has 10 heteroatoms. The number of aryl methyl sites for hydroxylation is 8. The SMILES string of the molecule is Cc1cc(OCCCc2c3n(c4c(-c5c(C)nn(C)c5C)c(Cl)ccc24)[C@H](C)CC(CCc2cn(C)c4c(C)cc(C(=O)O)cc24)C3=O)cc(C)c1Cl. The number of rotatable bonds is 10. The van der Waals surface area contributed by atoms with Crippen LogP contribution in [0.5, 0.6) is 5.75 Å². The molecule has 2 atom stereocenters. The molecule has 0 saturated carbocycles. The minimum absolute atomic E-state index is 0.0306. The summed E-state index contributed by atoms with van der Waals surface area (Å²) in [6, 6.07) is 11.5. The second kappa shape index (κ2) is 14.0. The number of benzene rings is 3. The lowest BCUT2D eigenvalue weighted by Gasteiger charge is -2.30. The van der Waals surface area contributed by atoms with Crippen molar-refractivity contribution >= 4 is 56.8 Å². The highest BCUT2D eigenvalue weighted by Gasteiger charge is 2.37. The van der Waals surface area contributed by atoms with E-state index >= 15 is 0 Å². The summed E-state index contributed by atoms with van der Waals surface area (Å²) < 4.78 is 12.4. The molecule has 6 aromatic rings. The number of ketones is 1. The van der Waals surface area contributed by atoms with Crippen molar-refractivity contribution in [2.45, 2.75) is 79.7 Å². The predicted octanol–water partition coefficient (Wildman–Crippen LogP) is 10.5. The van der Waals surface area contributed by atoms with Crippen LogP contribution in [-0.2, 0) is 26.9 Å². The van der Waals surface area contributed by atoms with Gasteiger partial charge in [0.1, 0.15) is 5.75 Å². The molecule has 1 aliphatic heterocycles. The Labute approximate surface area is 320 Å². The number of halogens is 2. The van der Waals surface area contributed by atoms with E-state index in [1.165, 1.54) is 0 Å². The lowest BCUT2D eigenvalue weighted by Crippen LogP contribution is -2.30. The minimum atomic E-state index is -0.943. The van der Waals surface area contributed by atoms with E-state index in [1.807, 2.05) is 64.7 Å². The molecule has 276 valence electrons. The number of carboxylic acid groups (broad SMARTS) is 1. The third kappa shape index (κ3) is 6.33. The van der Waals surface area contributed by atoms with Crippen LogP contribution in [0.2, 0.25) is 10.0 Å². The van der Waals surface area contributed by atoms with Gasteiger partial charge in [-0.15, -0.1) is 0 Å². The van der Waals surface area contributed by atoms with Crippen LogP contribution < -0.4 is 4.74 Å². The molecule has 0 aliphatic carbocycles. The predicted molar refractivity (Wildman–Crippen MR) is 213 cm³/mol. The van der Waals surface area contributed by atoms with Crippen molar-refractivity contribution in [3.05, 3.63) is 103 Å². The third-order valence-electron chi connectivity index (χ3n) is 11.3. The van der Waals surface area contributed by atoms with Crippen molar-refractivity contribution in [1.82, 2.24) is 18.9 Å². The number of hydrogen-bond acceptors (Lipinski definition) is 4. The average molecular weight is 754 g/mol. The van der Waals surface area contributed by atoms with E-state index in [0.29, 0.717) is 43.7 Å². The molecule has 3 aromatic heterocycles. The third-order valence-corrected chi connectivity index (χ3v) is 12.2. The largest absolute Gasteiger partial charge is 0.494 e. The number of aromatic nitrogens is 4. The topological polar surface area (TPSA) is 91.3 Å². The average Bonchev–Trinajstić information content (AvgIpc) is 3.70. The first-order chi connectivity index (χ1) is 25.2. The van der Waals surface area contributed by atoms with Crippen molar-refractivity contribution in [2.24, 2.45) is 20.0 Å². The number of carboxylic acids is 1. The number of carbonyl (C=O) groups is 2. The molecule has 0 saturated heterocycles. The Morgan fingerprint density at radius 2 is 1.66 bits per heavy atom. The molecule has 1 aliphatic rings. The fourth-order valence-corrected chi connectivity index (χ4v) is 9.14. The van der Waals surface area contributed by atoms with Gasteiger partial charge in [-0.3, -0.25) is 9.48 Å². The maximum absolute atomic E-state index is 14.9. The van der Waals surface area contributed by atoms with Crippen LogP contribution in [0.25, 0.3) is 32.9 Å². The lowest BCUT2D eigenvalue weighted by atomic mass is 9.84. The Balaban J connectivity index is 1.28. The van der Waals surface area contributed by atoms with Crippen molar-refractivity contribution in [3.63, 3.8) is 0 Å². The van der Waals surface area contributed by atoms with Gasteiger partial charge in [0.15, 0.2) is 5.78 Å². The Hall–Kier alpha value is -4.53. The summed E-state index contributed by atoms with van der Waals surface area (Å²) in [4.78, 5) is 26.8. The molecule has 1 N–H and O–H groups in total. The van der Waals surface area contributed by atoms with E-state index in [2.05, 4.69) is 35.2 Å². The zero-order valence-corrected chi connectivity index (χ0v) is 33.2. The zero-order valence-electron chi connectivity index (χ0n) is 31.7. The number of hydrogen-bond donors (Lipinski definition) is 1. The van der Waals surface area contributed by atoms with E-state index in [4.69, 9.17) is 33.0 Å². The summed E-state index contributed by atoms with van der Waals surface area (Å²) in [5, 5.41) is 17.9. The first-order valence-electron chi connectivity index (χ1n) is 18.3. The first-order valence-corrected chi connectivity index (χ1v) is 19.0. The number of fused-ring (bicyclic) bond motifs is 4. The van der Waals surface area contributed by atoms with Crippen molar-refractivity contribution < 1.29 is 19.4 Å². The maximum Gasteiger partial charge on any atom is 0.335 e. The number of ether oxygens (including phenoxy) is 1. The highest BCUT2D eigenvalue weighted by atomic mass is 35.5. The van der Waals surface area contributed by atoms with Gasteiger partial charge in [0.05, 0.1) is 39.6 Å². The minimum Gasteiger partial charge on any atom is -0.494 e. The smallest absolute Gasteiger partial charge is 0.335 e. The molecule has 0 amide bonds. The zero-order chi connectivity index (χ0) is 38.0. The first kappa shape index (κ1) is 36.8. The normalized spacial score (nSPS) is 15.8. The highest BCUT2D eigenvalue weighted by Crippen LogP contribution is 2.46. The molecule has 53 heavy (non-hydrogen) atoms. The summed E-state index contributed by atoms with van der Waals surface area (Å²) in [6.45, 7) is 12.7. The fraction of sp³-hybridized carbons (Fsp3) is 0.372. The number of carbonyl (C=O) groups excluding carboxylic acids is 1. The molecular formula is C43H46Cl2N4O4. The number of nitrogens with zero attached hydrogens (tertiary/aromatic N) is 4. The van der Waals surface area contributed by atoms with Gasteiger partial charge in [0, 0.05) is 64.9 Å². The van der Waals surface area contributed by atoms with Gasteiger partial charge in [-0.2, -0.15) is 5.10 Å². The highest BCUT2D eigenvalue weighted by molar-refractivity contribution is 6.35. The fourth-order valence-electron chi connectivity index (χ4n) is 8.79. The van der Waals surface area contributed by atoms with Crippen LogP contribution >= 0.6 is 23.2 Å². The Morgan fingerprint density at radius 3 is 2.32 bits per heavy atom. The van der Waals surface area contributed by atoms with Crippen LogP contribution in [0.1, 0.15) is 92.3 Å². The van der Waals surface area contributed by atoms with Crippen LogP contribution in [0.15, 0.2) is 42.6 Å². The van der Waals surface area contributed by atoms with Gasteiger partial charge in [-0.25, -0.2) is 4.79 Å². The van der Waals surface area contributed by atoms with Gasteiger partial charge in [-0.05, 0) is 132 Å². The summed E-state index contributed by atoms with van der Waals surface area (Å²) in [5.41, 5.74) is 11.8. The number of aromatic carboxylic acids is 1. The molecule has 1 unspecified atom stereocenters. The monoisotopic (exact) mass is 752 g/mol. The molecule has 0 bridgehead atoms. The van der Waals surface area contributed by atoms with E-state index in [0.717, 1.165) is 88.6 Å². The number of Topliss-reactive ketones (excluding diaryl/α,β-unsaturated/α-hetero) is 1. The van der Waals surface area contributed by atoms with Gasteiger partial charge < -0.3 is 19.0 Å². The quantitative estimate of drug-likeness (QED) is 0.141. The summed E-state index contributed by atoms with van der Waals surface area (Å²) in [5.74, 6) is -0.213. The molecule has 7 rings (SSSR count). The summed E-state index contributed by atoms with van der Waals surface area (Å²) in [6.07, 6.45) is 5.46. The van der Waals surface area contributed by atoms with Crippen LogP contribution in [0.3, 0.4) is 0 Å². The van der Waals surface area contributed by atoms with E-state index in [-0.39, 0.29) is 23.3 Å². The van der Waals surface area contributed by atoms with Crippen molar-refractivity contribution in [2.75, 3.05) is 6.61 Å².